The summed E-state index contributed by atoms with van der Waals surface area (Å²) < 4.78 is 8.13. The van der Waals surface area contributed by atoms with E-state index in [1.807, 2.05) is 25.4 Å². The third-order valence-electron chi connectivity index (χ3n) is 4.88. The van der Waals surface area contributed by atoms with E-state index in [-0.39, 0.29) is 6.04 Å². The van der Waals surface area contributed by atoms with E-state index in [2.05, 4.69) is 57.0 Å². The maximum Gasteiger partial charge on any atom is 0.136 e. The number of fused-ring (bicyclic) bond motifs is 3. The second kappa shape index (κ2) is 6.04. The van der Waals surface area contributed by atoms with Crippen molar-refractivity contribution in [3.63, 3.8) is 0 Å². The first-order valence-corrected chi connectivity index (χ1v) is 8.72. The van der Waals surface area contributed by atoms with Crippen LogP contribution in [0.3, 0.4) is 0 Å². The van der Waals surface area contributed by atoms with Crippen molar-refractivity contribution in [2.24, 2.45) is 0 Å². The monoisotopic (exact) mass is 342 g/mol. The Morgan fingerprint density at radius 1 is 1.00 bits per heavy atom. The Balaban J connectivity index is 1.68. The van der Waals surface area contributed by atoms with Gasteiger partial charge in [-0.15, -0.1) is 0 Å². The van der Waals surface area contributed by atoms with Crippen LogP contribution in [-0.2, 0) is 11.3 Å². The van der Waals surface area contributed by atoms with Crippen LogP contribution in [0, 0.1) is 6.92 Å². The average molecular weight is 342 g/mol. The molecule has 26 heavy (non-hydrogen) atoms. The highest BCUT2D eigenvalue weighted by molar-refractivity contribution is 5.82. The van der Waals surface area contributed by atoms with Crippen molar-refractivity contribution in [1.29, 1.82) is 0 Å². The predicted octanol–water partition coefficient (Wildman–Crippen LogP) is 3.92. The van der Waals surface area contributed by atoms with Gasteiger partial charge in [0.05, 0.1) is 23.7 Å². The van der Waals surface area contributed by atoms with Gasteiger partial charge in [-0.05, 0) is 30.2 Å². The summed E-state index contributed by atoms with van der Waals surface area (Å²) in [7, 11) is 0. The van der Waals surface area contributed by atoms with Crippen molar-refractivity contribution in [3.8, 4) is 11.1 Å². The quantitative estimate of drug-likeness (QED) is 0.554. The molecule has 1 aliphatic heterocycles. The van der Waals surface area contributed by atoms with Gasteiger partial charge in [-0.2, -0.15) is 0 Å². The highest BCUT2D eigenvalue weighted by Crippen LogP contribution is 2.32. The van der Waals surface area contributed by atoms with Gasteiger partial charge in [0.1, 0.15) is 18.3 Å². The normalized spacial score (nSPS) is 16.6. The molecular weight excluding hydrogens is 324 g/mol. The third kappa shape index (κ3) is 2.48. The van der Waals surface area contributed by atoms with Crippen molar-refractivity contribution < 1.29 is 4.74 Å². The van der Waals surface area contributed by atoms with Crippen LogP contribution in [-0.4, -0.2) is 26.1 Å². The molecule has 1 unspecified atom stereocenters. The van der Waals surface area contributed by atoms with E-state index in [0.717, 1.165) is 33.8 Å². The summed E-state index contributed by atoms with van der Waals surface area (Å²) in [5.74, 6) is 1.75. The van der Waals surface area contributed by atoms with Crippen LogP contribution in [0.4, 0.5) is 0 Å². The Bertz CT molecular complexity index is 1070. The van der Waals surface area contributed by atoms with E-state index in [0.29, 0.717) is 13.2 Å². The molecule has 0 N–H and O–H groups in total. The number of hydrogen-bond donors (Lipinski definition) is 0. The van der Waals surface area contributed by atoms with Crippen molar-refractivity contribution in [2.75, 3.05) is 6.61 Å². The van der Waals surface area contributed by atoms with Crippen LogP contribution in [0.25, 0.3) is 22.2 Å². The third-order valence-corrected chi connectivity index (χ3v) is 4.88. The minimum absolute atomic E-state index is 0.134. The SMILES string of the molecule is Cc1ncc(-c2ccc3nc4n(c3c2)C(c2ccccc2)COC4)cn1. The van der Waals surface area contributed by atoms with Crippen molar-refractivity contribution in [1.82, 2.24) is 19.5 Å². The Morgan fingerprint density at radius 2 is 1.81 bits per heavy atom. The van der Waals surface area contributed by atoms with Crippen LogP contribution in [0.5, 0.6) is 0 Å². The molecular formula is C21H18N4O. The minimum atomic E-state index is 0.134. The molecule has 5 rings (SSSR count). The summed E-state index contributed by atoms with van der Waals surface area (Å²) >= 11 is 0. The molecule has 0 amide bonds. The fraction of sp³-hybridized carbons (Fsp3) is 0.190. The lowest BCUT2D eigenvalue weighted by molar-refractivity contribution is 0.0679. The van der Waals surface area contributed by atoms with Crippen LogP contribution in [0.15, 0.2) is 60.9 Å². The molecule has 5 heteroatoms. The van der Waals surface area contributed by atoms with Crippen LogP contribution < -0.4 is 0 Å². The summed E-state index contributed by atoms with van der Waals surface area (Å²) in [6.45, 7) is 3.09. The molecule has 0 bridgehead atoms. The largest absolute Gasteiger partial charge is 0.371 e. The van der Waals surface area contributed by atoms with Crippen LogP contribution in [0.2, 0.25) is 0 Å². The minimum Gasteiger partial charge on any atom is -0.371 e. The first-order valence-electron chi connectivity index (χ1n) is 8.72. The van der Waals surface area contributed by atoms with Gasteiger partial charge in [0, 0.05) is 18.0 Å². The number of aromatic nitrogens is 4. The molecule has 5 nitrogen and oxygen atoms in total. The van der Waals surface area contributed by atoms with Crippen molar-refractivity contribution in [3.05, 3.63) is 78.1 Å². The van der Waals surface area contributed by atoms with Gasteiger partial charge in [-0.3, -0.25) is 0 Å². The average Bonchev–Trinajstić information content (AvgIpc) is 3.07. The van der Waals surface area contributed by atoms with E-state index in [4.69, 9.17) is 9.72 Å². The van der Waals surface area contributed by atoms with E-state index < -0.39 is 0 Å². The molecule has 1 atom stereocenters. The molecule has 128 valence electrons. The van der Waals surface area contributed by atoms with Gasteiger partial charge in [0.2, 0.25) is 0 Å². The van der Waals surface area contributed by atoms with Gasteiger partial charge < -0.3 is 9.30 Å². The molecule has 0 saturated carbocycles. The summed E-state index contributed by atoms with van der Waals surface area (Å²) in [5, 5.41) is 0. The molecule has 0 spiro atoms. The van der Waals surface area contributed by atoms with E-state index in [1.165, 1.54) is 5.56 Å². The molecule has 0 fully saturated rings. The zero-order chi connectivity index (χ0) is 17.5. The van der Waals surface area contributed by atoms with Crippen LogP contribution >= 0.6 is 0 Å². The predicted molar refractivity (Wildman–Crippen MR) is 99.7 cm³/mol. The molecule has 1 aliphatic rings. The number of benzene rings is 2. The lowest BCUT2D eigenvalue weighted by Gasteiger charge is -2.26. The summed E-state index contributed by atoms with van der Waals surface area (Å²) in [6, 6.07) is 16.9. The standard InChI is InChI=1S/C21H18N4O/c1-14-22-10-17(11-23-14)16-7-8-18-19(9-16)25-20(12-26-13-21(25)24-18)15-5-3-2-4-6-15/h2-11,20H,12-13H2,1H3. The lowest BCUT2D eigenvalue weighted by Crippen LogP contribution is -2.24. The van der Waals surface area contributed by atoms with E-state index in [9.17, 15) is 0 Å². The fourth-order valence-corrected chi connectivity index (χ4v) is 3.57. The summed E-state index contributed by atoms with van der Waals surface area (Å²) in [4.78, 5) is 13.4. The molecule has 2 aromatic heterocycles. The van der Waals surface area contributed by atoms with Crippen molar-refractivity contribution in [2.45, 2.75) is 19.6 Å². The first-order chi connectivity index (χ1) is 12.8. The lowest BCUT2D eigenvalue weighted by atomic mass is 10.1. The van der Waals surface area contributed by atoms with Gasteiger partial charge in [-0.1, -0.05) is 36.4 Å². The Kier molecular flexibility index (Phi) is 3.53. The molecule has 0 radical (unpaired) electrons. The van der Waals surface area contributed by atoms with E-state index in [1.54, 1.807) is 0 Å². The molecule has 4 aromatic rings. The van der Waals surface area contributed by atoms with Gasteiger partial charge in [0.15, 0.2) is 0 Å². The van der Waals surface area contributed by atoms with Gasteiger partial charge in [-0.25, -0.2) is 15.0 Å². The molecule has 0 saturated heterocycles. The fourth-order valence-electron chi connectivity index (χ4n) is 3.57. The van der Waals surface area contributed by atoms with E-state index >= 15 is 0 Å². The molecule has 3 heterocycles. The molecule has 2 aromatic carbocycles. The number of rotatable bonds is 2. The highest BCUT2D eigenvalue weighted by atomic mass is 16.5. The number of imidazole rings is 1. The second-order valence-electron chi connectivity index (χ2n) is 6.56. The smallest absolute Gasteiger partial charge is 0.136 e. The van der Waals surface area contributed by atoms with Crippen molar-refractivity contribution >= 4 is 11.0 Å². The van der Waals surface area contributed by atoms with Gasteiger partial charge >= 0.3 is 0 Å². The second-order valence-corrected chi connectivity index (χ2v) is 6.56. The maximum atomic E-state index is 5.82. The molecule has 0 aliphatic carbocycles. The zero-order valence-corrected chi connectivity index (χ0v) is 14.5. The Hall–Kier alpha value is -3.05. The Morgan fingerprint density at radius 3 is 2.62 bits per heavy atom. The highest BCUT2D eigenvalue weighted by Gasteiger charge is 2.25. The van der Waals surface area contributed by atoms with Crippen LogP contribution in [0.1, 0.15) is 23.3 Å². The van der Waals surface area contributed by atoms with Gasteiger partial charge in [0.25, 0.3) is 0 Å². The number of hydrogen-bond acceptors (Lipinski definition) is 4. The zero-order valence-electron chi connectivity index (χ0n) is 14.5. The number of ether oxygens (including phenoxy) is 1. The summed E-state index contributed by atoms with van der Waals surface area (Å²) in [5.41, 5.74) is 5.45. The maximum absolute atomic E-state index is 5.82. The topological polar surface area (TPSA) is 52.8 Å². The summed E-state index contributed by atoms with van der Waals surface area (Å²) in [6.07, 6.45) is 3.74. The first kappa shape index (κ1) is 15.2. The number of nitrogens with zero attached hydrogens (tertiary/aromatic N) is 4. The Labute approximate surface area is 151 Å². The number of aryl methyl sites for hydroxylation is 1.